The van der Waals surface area contributed by atoms with E-state index in [1.807, 2.05) is 25.1 Å². The third-order valence-corrected chi connectivity index (χ3v) is 5.20. The zero-order chi connectivity index (χ0) is 21.3. The van der Waals surface area contributed by atoms with Crippen molar-refractivity contribution in [2.75, 3.05) is 6.61 Å². The van der Waals surface area contributed by atoms with E-state index in [4.69, 9.17) is 4.74 Å². The molecule has 7 nitrogen and oxygen atoms in total. The van der Waals surface area contributed by atoms with E-state index in [2.05, 4.69) is 22.5 Å². The first-order valence-corrected chi connectivity index (χ1v) is 9.48. The Morgan fingerprint density at radius 2 is 1.93 bits per heavy atom. The fourth-order valence-corrected chi connectivity index (χ4v) is 3.66. The van der Waals surface area contributed by atoms with Crippen molar-refractivity contribution in [3.05, 3.63) is 59.8 Å². The van der Waals surface area contributed by atoms with Crippen LogP contribution in [0.5, 0.6) is 11.6 Å². The van der Waals surface area contributed by atoms with Crippen LogP contribution in [0.4, 0.5) is 4.79 Å². The van der Waals surface area contributed by atoms with Gasteiger partial charge in [0.25, 0.3) is 5.91 Å². The number of carbonyl (C=O) groups is 2. The fraction of sp³-hybridized carbons (Fsp3) is 0.217. The molecule has 1 atom stereocenters. The second-order valence-electron chi connectivity index (χ2n) is 7.22. The Balaban J connectivity index is 1.72. The Morgan fingerprint density at radius 3 is 2.60 bits per heavy atom. The molecule has 1 aliphatic rings. The highest BCUT2D eigenvalue weighted by molar-refractivity contribution is 6.07. The van der Waals surface area contributed by atoms with Gasteiger partial charge in [0.15, 0.2) is 11.4 Å². The maximum atomic E-state index is 12.8. The number of carbonyl (C=O) groups excluding carboxylic acids is 2. The van der Waals surface area contributed by atoms with E-state index in [1.165, 1.54) is 0 Å². The molecule has 1 aliphatic heterocycles. The minimum Gasteiger partial charge on any atom is -0.494 e. The number of nitrogens with zero attached hydrogens (tertiary/aromatic N) is 1. The third kappa shape index (κ3) is 3.33. The summed E-state index contributed by atoms with van der Waals surface area (Å²) in [5.41, 5.74) is 0.231. The van der Waals surface area contributed by atoms with Crippen LogP contribution < -0.4 is 15.4 Å². The number of amides is 3. The number of nitrogens with one attached hydrogen (secondary N) is 2. The third-order valence-electron chi connectivity index (χ3n) is 5.20. The van der Waals surface area contributed by atoms with Crippen LogP contribution in [0.25, 0.3) is 10.8 Å². The smallest absolute Gasteiger partial charge is 0.322 e. The van der Waals surface area contributed by atoms with Crippen molar-refractivity contribution in [1.82, 2.24) is 15.2 Å². The maximum absolute atomic E-state index is 12.8. The van der Waals surface area contributed by atoms with Crippen molar-refractivity contribution < 1.29 is 19.4 Å². The van der Waals surface area contributed by atoms with Gasteiger partial charge in [0.1, 0.15) is 12.4 Å². The molecule has 1 fully saturated rings. The molecule has 3 amide bonds. The van der Waals surface area contributed by atoms with Crippen molar-refractivity contribution in [2.45, 2.75) is 25.9 Å². The van der Waals surface area contributed by atoms with Gasteiger partial charge in [-0.3, -0.25) is 10.1 Å². The predicted molar refractivity (Wildman–Crippen MR) is 112 cm³/mol. The molecule has 3 aromatic rings. The van der Waals surface area contributed by atoms with Crippen molar-refractivity contribution in [3.8, 4) is 23.5 Å². The lowest BCUT2D eigenvalue weighted by molar-refractivity contribution is -0.124. The van der Waals surface area contributed by atoms with Crippen LogP contribution in [0.3, 0.4) is 0 Å². The van der Waals surface area contributed by atoms with Crippen LogP contribution in [0, 0.1) is 18.8 Å². The summed E-state index contributed by atoms with van der Waals surface area (Å²) in [6.07, 6.45) is 1.77. The number of benzene rings is 2. The van der Waals surface area contributed by atoms with Crippen LogP contribution in [0.1, 0.15) is 18.1 Å². The molecule has 0 spiro atoms. The van der Waals surface area contributed by atoms with Gasteiger partial charge in [-0.2, -0.15) is 0 Å². The van der Waals surface area contributed by atoms with Gasteiger partial charge >= 0.3 is 6.03 Å². The zero-order valence-corrected chi connectivity index (χ0v) is 16.7. The normalized spacial score (nSPS) is 17.9. The maximum Gasteiger partial charge on any atom is 0.322 e. The molecule has 1 aromatic heterocycles. The SMILES string of the molecule is CC#CCOc1ccc([C@]2(Cn3cc4ccc(C)cc4c3O)NC(=O)NC2=O)cc1. The summed E-state index contributed by atoms with van der Waals surface area (Å²) in [4.78, 5) is 24.9. The average Bonchev–Trinajstić information content (AvgIpc) is 3.19. The molecule has 0 radical (unpaired) electrons. The summed E-state index contributed by atoms with van der Waals surface area (Å²) < 4.78 is 7.11. The first-order chi connectivity index (χ1) is 14.4. The molecule has 1 saturated heterocycles. The summed E-state index contributed by atoms with van der Waals surface area (Å²) in [7, 11) is 0. The first-order valence-electron chi connectivity index (χ1n) is 9.48. The van der Waals surface area contributed by atoms with Gasteiger partial charge in [-0.05, 0) is 37.6 Å². The second kappa shape index (κ2) is 7.48. The number of ether oxygens (including phenoxy) is 1. The molecule has 0 aliphatic carbocycles. The summed E-state index contributed by atoms with van der Waals surface area (Å²) in [5.74, 6) is 5.74. The Kier molecular flexibility index (Phi) is 4.84. The van der Waals surface area contributed by atoms with Crippen LogP contribution in [0.2, 0.25) is 0 Å². The van der Waals surface area contributed by atoms with Crippen molar-refractivity contribution >= 4 is 22.7 Å². The second-order valence-corrected chi connectivity index (χ2v) is 7.22. The van der Waals surface area contributed by atoms with Crippen LogP contribution in [-0.2, 0) is 16.9 Å². The Labute approximate surface area is 173 Å². The van der Waals surface area contributed by atoms with Crippen LogP contribution >= 0.6 is 0 Å². The highest BCUT2D eigenvalue weighted by Crippen LogP contribution is 2.34. The number of aromatic nitrogens is 1. The van der Waals surface area contributed by atoms with E-state index in [0.717, 1.165) is 10.9 Å². The van der Waals surface area contributed by atoms with Crippen molar-refractivity contribution in [1.29, 1.82) is 0 Å². The van der Waals surface area contributed by atoms with E-state index in [0.29, 0.717) is 16.7 Å². The quantitative estimate of drug-likeness (QED) is 0.451. The average molecular weight is 403 g/mol. The summed E-state index contributed by atoms with van der Waals surface area (Å²) in [6, 6.07) is 12.1. The lowest BCUT2D eigenvalue weighted by atomic mass is 9.89. The number of fused-ring (bicyclic) bond motifs is 1. The minimum atomic E-state index is -1.36. The molecule has 152 valence electrons. The Bertz CT molecular complexity index is 1200. The van der Waals surface area contributed by atoms with Crippen LogP contribution in [0.15, 0.2) is 48.7 Å². The topological polar surface area (TPSA) is 92.6 Å². The van der Waals surface area contributed by atoms with Crippen molar-refractivity contribution in [2.24, 2.45) is 0 Å². The van der Waals surface area contributed by atoms with E-state index in [-0.39, 0.29) is 19.0 Å². The van der Waals surface area contributed by atoms with E-state index in [9.17, 15) is 14.7 Å². The number of urea groups is 1. The highest BCUT2D eigenvalue weighted by atomic mass is 16.5. The van der Waals surface area contributed by atoms with E-state index < -0.39 is 17.5 Å². The van der Waals surface area contributed by atoms with Crippen molar-refractivity contribution in [3.63, 3.8) is 0 Å². The summed E-state index contributed by atoms with van der Waals surface area (Å²) in [6.45, 7) is 3.98. The minimum absolute atomic E-state index is 0.0334. The Morgan fingerprint density at radius 1 is 1.17 bits per heavy atom. The van der Waals surface area contributed by atoms with E-state index >= 15 is 0 Å². The number of hydrogen-bond donors (Lipinski definition) is 3. The standard InChI is InChI=1S/C23H21N3O4/c1-3-4-11-30-18-9-7-17(8-10-18)23(21(28)24-22(29)25-23)14-26-13-16-6-5-15(2)12-19(16)20(26)27/h5-10,12-13,27H,11,14H2,1-2H3,(H2,24,25,28,29)/t23-/m0/s1. The molecule has 0 bridgehead atoms. The summed E-state index contributed by atoms with van der Waals surface area (Å²) >= 11 is 0. The molecule has 2 heterocycles. The highest BCUT2D eigenvalue weighted by Gasteiger charge is 2.48. The van der Waals surface area contributed by atoms with Gasteiger partial charge in [0.05, 0.1) is 6.54 Å². The molecular weight excluding hydrogens is 382 g/mol. The number of aromatic hydroxyl groups is 1. The van der Waals surface area contributed by atoms with Gasteiger partial charge in [0, 0.05) is 17.0 Å². The molecule has 0 saturated carbocycles. The predicted octanol–water partition coefficient (Wildman–Crippen LogP) is 2.79. The molecule has 3 N–H and O–H groups in total. The molecule has 0 unspecified atom stereocenters. The van der Waals surface area contributed by atoms with E-state index in [1.54, 1.807) is 42.0 Å². The van der Waals surface area contributed by atoms with Gasteiger partial charge in [-0.1, -0.05) is 35.7 Å². The molecular formula is C23H21N3O4. The van der Waals surface area contributed by atoms with Gasteiger partial charge in [0.2, 0.25) is 0 Å². The molecule has 4 rings (SSSR count). The number of imide groups is 1. The first kappa shape index (κ1) is 19.4. The number of rotatable bonds is 5. The summed E-state index contributed by atoms with van der Waals surface area (Å²) in [5, 5.41) is 17.3. The largest absolute Gasteiger partial charge is 0.494 e. The number of hydrogen-bond acceptors (Lipinski definition) is 4. The Hall–Kier alpha value is -3.92. The molecule has 30 heavy (non-hydrogen) atoms. The lowest BCUT2D eigenvalue weighted by Gasteiger charge is -2.27. The lowest BCUT2D eigenvalue weighted by Crippen LogP contribution is -2.47. The fourth-order valence-electron chi connectivity index (χ4n) is 3.66. The number of aryl methyl sites for hydroxylation is 1. The van der Waals surface area contributed by atoms with Gasteiger partial charge in [-0.25, -0.2) is 4.79 Å². The van der Waals surface area contributed by atoms with Gasteiger partial charge < -0.3 is 19.7 Å². The monoisotopic (exact) mass is 403 g/mol. The molecule has 7 heteroatoms. The van der Waals surface area contributed by atoms with Gasteiger partial charge in [-0.15, -0.1) is 5.92 Å². The zero-order valence-electron chi connectivity index (χ0n) is 16.7. The van der Waals surface area contributed by atoms with Crippen LogP contribution in [-0.4, -0.2) is 28.2 Å². The molecule has 2 aromatic carbocycles.